The number of benzene rings is 3. The van der Waals surface area contributed by atoms with Gasteiger partial charge in [-0.25, -0.2) is 0 Å². The first-order chi connectivity index (χ1) is 14.5. The summed E-state index contributed by atoms with van der Waals surface area (Å²) in [5, 5.41) is 0.910. The van der Waals surface area contributed by atoms with Crippen LogP contribution in [0.5, 0.6) is 5.75 Å². The number of H-pyrrole nitrogens is 1. The van der Waals surface area contributed by atoms with Crippen molar-refractivity contribution >= 4 is 22.5 Å². The molecule has 3 aromatic carbocycles. The Balaban J connectivity index is 1.81. The van der Waals surface area contributed by atoms with E-state index in [1.807, 2.05) is 79.7 Å². The molecule has 0 saturated carbocycles. The van der Waals surface area contributed by atoms with Gasteiger partial charge in [0.05, 0.1) is 13.7 Å². The summed E-state index contributed by atoms with van der Waals surface area (Å²) in [5.41, 5.74) is 3.68. The van der Waals surface area contributed by atoms with E-state index < -0.39 is 0 Å². The minimum Gasteiger partial charge on any atom is -0.497 e. The van der Waals surface area contributed by atoms with Gasteiger partial charge in [-0.05, 0) is 55.0 Å². The van der Waals surface area contributed by atoms with E-state index in [4.69, 9.17) is 4.74 Å². The van der Waals surface area contributed by atoms with Crippen molar-refractivity contribution in [2.24, 2.45) is 0 Å². The van der Waals surface area contributed by atoms with Gasteiger partial charge in [-0.1, -0.05) is 35.9 Å². The maximum atomic E-state index is 13.5. The number of pyridine rings is 1. The number of para-hydroxylation sites is 1. The number of carbonyl (C=O) groups excluding carboxylic acids is 1. The molecule has 4 rings (SSSR count). The minimum atomic E-state index is -0.193. The highest BCUT2D eigenvalue weighted by Gasteiger charge is 2.20. The number of aromatic nitrogens is 1. The van der Waals surface area contributed by atoms with E-state index in [0.29, 0.717) is 11.3 Å². The van der Waals surface area contributed by atoms with Crippen LogP contribution < -0.4 is 15.2 Å². The average Bonchev–Trinajstić information content (AvgIpc) is 2.77. The molecule has 0 unspecified atom stereocenters. The van der Waals surface area contributed by atoms with Crippen LogP contribution in [0.4, 0.5) is 5.69 Å². The molecule has 0 spiro atoms. The predicted octanol–water partition coefficient (Wildman–Crippen LogP) is 4.69. The average molecular weight is 398 g/mol. The normalized spacial score (nSPS) is 10.7. The molecule has 0 aliphatic rings. The van der Waals surface area contributed by atoms with Crippen molar-refractivity contribution in [2.75, 3.05) is 12.0 Å². The Hall–Kier alpha value is -3.86. The van der Waals surface area contributed by atoms with Gasteiger partial charge in [0.15, 0.2) is 0 Å². The van der Waals surface area contributed by atoms with Gasteiger partial charge < -0.3 is 14.6 Å². The van der Waals surface area contributed by atoms with Crippen LogP contribution in [0.2, 0.25) is 0 Å². The molecule has 0 saturated heterocycles. The zero-order valence-electron chi connectivity index (χ0n) is 16.9. The summed E-state index contributed by atoms with van der Waals surface area (Å²) >= 11 is 0. The van der Waals surface area contributed by atoms with Crippen LogP contribution in [0.3, 0.4) is 0 Å². The standard InChI is InChI=1S/C25H22N2O3/c1-17-6-5-7-18(14-17)25(29)27(20-10-12-21(30-2)13-11-20)16-19-15-24(28)26-23-9-4-3-8-22(19)23/h3-15H,16H2,1-2H3,(H,26,28). The molecular weight excluding hydrogens is 376 g/mol. The number of methoxy groups -OCH3 is 1. The number of aromatic amines is 1. The molecule has 1 N–H and O–H groups in total. The van der Waals surface area contributed by atoms with E-state index in [1.165, 1.54) is 0 Å². The Morgan fingerprint density at radius 1 is 0.967 bits per heavy atom. The van der Waals surface area contributed by atoms with Crippen LogP contribution >= 0.6 is 0 Å². The molecule has 0 bridgehead atoms. The number of rotatable bonds is 5. The van der Waals surface area contributed by atoms with Crippen LogP contribution in [0.25, 0.3) is 10.9 Å². The minimum absolute atomic E-state index is 0.131. The number of aryl methyl sites for hydroxylation is 1. The van der Waals surface area contributed by atoms with E-state index in [-0.39, 0.29) is 18.0 Å². The topological polar surface area (TPSA) is 62.4 Å². The number of amides is 1. The summed E-state index contributed by atoms with van der Waals surface area (Å²) < 4.78 is 5.25. The van der Waals surface area contributed by atoms with Crippen LogP contribution in [0.1, 0.15) is 21.5 Å². The third-order valence-corrected chi connectivity index (χ3v) is 5.06. The Kier molecular flexibility index (Phi) is 5.35. The van der Waals surface area contributed by atoms with Gasteiger partial charge in [0, 0.05) is 28.2 Å². The third kappa shape index (κ3) is 3.96. The molecule has 1 aromatic heterocycles. The molecule has 5 heteroatoms. The number of hydrogen-bond acceptors (Lipinski definition) is 3. The summed E-state index contributed by atoms with van der Waals surface area (Å²) in [7, 11) is 1.60. The molecule has 1 amide bonds. The lowest BCUT2D eigenvalue weighted by molar-refractivity contribution is 0.0985. The van der Waals surface area contributed by atoms with Crippen molar-refractivity contribution in [2.45, 2.75) is 13.5 Å². The zero-order chi connectivity index (χ0) is 21.1. The number of ether oxygens (including phenoxy) is 1. The van der Waals surface area contributed by atoms with Gasteiger partial charge in [-0.2, -0.15) is 0 Å². The molecule has 0 aliphatic heterocycles. The molecule has 0 atom stereocenters. The SMILES string of the molecule is COc1ccc(N(Cc2cc(=O)[nH]c3ccccc23)C(=O)c2cccc(C)c2)cc1. The quantitative estimate of drug-likeness (QED) is 0.530. The Labute approximate surface area is 174 Å². The fraction of sp³-hybridized carbons (Fsp3) is 0.120. The van der Waals surface area contributed by atoms with E-state index in [1.54, 1.807) is 18.1 Å². The highest BCUT2D eigenvalue weighted by molar-refractivity contribution is 6.06. The van der Waals surface area contributed by atoms with Gasteiger partial charge in [-0.15, -0.1) is 0 Å². The van der Waals surface area contributed by atoms with Crippen LogP contribution in [-0.4, -0.2) is 18.0 Å². The zero-order valence-corrected chi connectivity index (χ0v) is 16.9. The molecule has 1 heterocycles. The van der Waals surface area contributed by atoms with Crippen molar-refractivity contribution < 1.29 is 9.53 Å². The Morgan fingerprint density at radius 2 is 1.73 bits per heavy atom. The summed E-state index contributed by atoms with van der Waals surface area (Å²) in [5.74, 6) is 0.580. The van der Waals surface area contributed by atoms with E-state index >= 15 is 0 Å². The first kappa shape index (κ1) is 19.5. The Morgan fingerprint density at radius 3 is 2.47 bits per heavy atom. The largest absolute Gasteiger partial charge is 0.497 e. The lowest BCUT2D eigenvalue weighted by Gasteiger charge is -2.24. The molecule has 150 valence electrons. The highest BCUT2D eigenvalue weighted by Crippen LogP contribution is 2.25. The number of hydrogen-bond donors (Lipinski definition) is 1. The number of anilines is 1. The fourth-order valence-corrected chi connectivity index (χ4v) is 3.55. The number of carbonyl (C=O) groups is 1. The molecule has 0 fully saturated rings. The molecule has 5 nitrogen and oxygen atoms in total. The lowest BCUT2D eigenvalue weighted by atomic mass is 10.1. The third-order valence-electron chi connectivity index (χ3n) is 5.06. The van der Waals surface area contributed by atoms with Crippen molar-refractivity contribution in [3.05, 3.63) is 106 Å². The van der Waals surface area contributed by atoms with E-state index in [0.717, 1.165) is 27.7 Å². The Bertz CT molecular complexity index is 1260. The predicted molar refractivity (Wildman–Crippen MR) is 119 cm³/mol. The second-order valence-electron chi connectivity index (χ2n) is 7.16. The maximum absolute atomic E-state index is 13.5. The van der Waals surface area contributed by atoms with Gasteiger partial charge in [0.1, 0.15) is 5.75 Å². The maximum Gasteiger partial charge on any atom is 0.258 e. The molecule has 4 aromatic rings. The van der Waals surface area contributed by atoms with Crippen LogP contribution in [-0.2, 0) is 6.54 Å². The van der Waals surface area contributed by atoms with E-state index in [9.17, 15) is 9.59 Å². The molecule has 0 radical (unpaired) electrons. The van der Waals surface area contributed by atoms with Gasteiger partial charge in [0.2, 0.25) is 5.56 Å². The van der Waals surface area contributed by atoms with Gasteiger partial charge in [-0.3, -0.25) is 9.59 Å². The summed E-state index contributed by atoms with van der Waals surface area (Å²) in [4.78, 5) is 30.2. The monoisotopic (exact) mass is 398 g/mol. The summed E-state index contributed by atoms with van der Waals surface area (Å²) in [6, 6.07) is 24.0. The fourth-order valence-electron chi connectivity index (χ4n) is 3.55. The lowest BCUT2D eigenvalue weighted by Crippen LogP contribution is -2.31. The van der Waals surface area contributed by atoms with Crippen molar-refractivity contribution in [3.63, 3.8) is 0 Å². The smallest absolute Gasteiger partial charge is 0.258 e. The van der Waals surface area contributed by atoms with Gasteiger partial charge in [0.25, 0.3) is 5.91 Å². The molecular formula is C25H22N2O3. The van der Waals surface area contributed by atoms with Crippen molar-refractivity contribution in [1.29, 1.82) is 0 Å². The second-order valence-corrected chi connectivity index (χ2v) is 7.16. The number of nitrogens with zero attached hydrogens (tertiary/aromatic N) is 1. The number of nitrogens with one attached hydrogen (secondary N) is 1. The van der Waals surface area contributed by atoms with Crippen molar-refractivity contribution in [3.8, 4) is 5.75 Å². The van der Waals surface area contributed by atoms with E-state index in [2.05, 4.69) is 4.98 Å². The number of fused-ring (bicyclic) bond motifs is 1. The van der Waals surface area contributed by atoms with Crippen LogP contribution in [0, 0.1) is 6.92 Å². The first-order valence-electron chi connectivity index (χ1n) is 9.69. The summed E-state index contributed by atoms with van der Waals surface area (Å²) in [6.45, 7) is 2.22. The van der Waals surface area contributed by atoms with Crippen molar-refractivity contribution in [1.82, 2.24) is 4.98 Å². The molecule has 30 heavy (non-hydrogen) atoms. The van der Waals surface area contributed by atoms with Crippen LogP contribution in [0.15, 0.2) is 83.7 Å². The summed E-state index contributed by atoms with van der Waals surface area (Å²) in [6.07, 6.45) is 0. The molecule has 0 aliphatic carbocycles. The first-order valence-corrected chi connectivity index (χ1v) is 9.69. The second kappa shape index (κ2) is 8.25. The van der Waals surface area contributed by atoms with Gasteiger partial charge >= 0.3 is 0 Å². The highest BCUT2D eigenvalue weighted by atomic mass is 16.5.